The first-order valence-electron chi connectivity index (χ1n) is 7.08. The van der Waals surface area contributed by atoms with Gasteiger partial charge in [-0.3, -0.25) is 4.79 Å². The molecule has 1 amide bonds. The second-order valence-electron chi connectivity index (χ2n) is 5.47. The number of nitrogens with two attached hydrogens (primary N) is 1. The fourth-order valence-electron chi connectivity index (χ4n) is 2.47. The molecule has 2 N–H and O–H groups in total. The van der Waals surface area contributed by atoms with E-state index in [9.17, 15) is 9.18 Å². The highest BCUT2D eigenvalue weighted by Gasteiger charge is 2.25. The van der Waals surface area contributed by atoms with Crippen LogP contribution in [0.25, 0.3) is 0 Å². The summed E-state index contributed by atoms with van der Waals surface area (Å²) >= 11 is 5.67. The van der Waals surface area contributed by atoms with E-state index >= 15 is 0 Å². The molecule has 1 aromatic carbocycles. The van der Waals surface area contributed by atoms with Crippen LogP contribution in [0, 0.1) is 11.7 Å². The summed E-state index contributed by atoms with van der Waals surface area (Å²) in [5.74, 6) is 0.130. The average Bonchev–Trinajstić information content (AvgIpc) is 2.48. The Bertz CT molecular complexity index is 510. The molecular formula is C15H20ClFN2O2. The van der Waals surface area contributed by atoms with Crippen molar-refractivity contribution in [2.45, 2.75) is 25.8 Å². The van der Waals surface area contributed by atoms with Crippen molar-refractivity contribution in [2.75, 3.05) is 19.7 Å². The third kappa shape index (κ3) is 4.32. The van der Waals surface area contributed by atoms with E-state index in [4.69, 9.17) is 22.1 Å². The van der Waals surface area contributed by atoms with E-state index < -0.39 is 5.82 Å². The molecule has 21 heavy (non-hydrogen) atoms. The van der Waals surface area contributed by atoms with E-state index in [0.717, 1.165) is 19.4 Å². The number of hydrogen-bond donors (Lipinski definition) is 1. The fraction of sp³-hybridized carbons (Fsp3) is 0.533. The first-order chi connectivity index (χ1) is 9.97. The van der Waals surface area contributed by atoms with Crippen LogP contribution in [0.4, 0.5) is 4.39 Å². The standard InChI is InChI=1S/C15H20ClFN2O2/c1-10(18)11-3-2-6-19(8-11)15(20)9-21-12-4-5-14(17)13(16)7-12/h4-5,7,10-11H,2-3,6,8-9,18H2,1H3. The number of rotatable bonds is 4. The molecule has 0 aromatic heterocycles. The van der Waals surface area contributed by atoms with Gasteiger partial charge in [0.05, 0.1) is 5.02 Å². The number of piperidine rings is 1. The summed E-state index contributed by atoms with van der Waals surface area (Å²) in [6, 6.07) is 4.12. The molecule has 1 fully saturated rings. The van der Waals surface area contributed by atoms with Gasteiger partial charge in [0.2, 0.25) is 0 Å². The van der Waals surface area contributed by atoms with Gasteiger partial charge in [-0.1, -0.05) is 11.6 Å². The van der Waals surface area contributed by atoms with Crippen molar-refractivity contribution in [3.05, 3.63) is 29.0 Å². The molecule has 2 atom stereocenters. The first kappa shape index (κ1) is 16.0. The Labute approximate surface area is 129 Å². The van der Waals surface area contributed by atoms with Crippen molar-refractivity contribution in [2.24, 2.45) is 11.7 Å². The number of likely N-dealkylation sites (tertiary alicyclic amines) is 1. The summed E-state index contributed by atoms with van der Waals surface area (Å²) < 4.78 is 18.4. The molecule has 1 aliphatic rings. The molecule has 1 aromatic rings. The van der Waals surface area contributed by atoms with Gasteiger partial charge in [0.15, 0.2) is 6.61 Å². The monoisotopic (exact) mass is 314 g/mol. The maximum atomic E-state index is 13.0. The Morgan fingerprint density at radius 3 is 3.05 bits per heavy atom. The largest absolute Gasteiger partial charge is 0.484 e. The van der Waals surface area contributed by atoms with Crippen LogP contribution in [0.15, 0.2) is 18.2 Å². The highest BCUT2D eigenvalue weighted by Crippen LogP contribution is 2.22. The van der Waals surface area contributed by atoms with Gasteiger partial charge in [-0.15, -0.1) is 0 Å². The second-order valence-corrected chi connectivity index (χ2v) is 5.87. The number of amides is 1. The zero-order chi connectivity index (χ0) is 15.4. The molecule has 1 saturated heterocycles. The van der Waals surface area contributed by atoms with Gasteiger partial charge in [-0.25, -0.2) is 4.39 Å². The molecule has 0 spiro atoms. The number of carbonyl (C=O) groups excluding carboxylic acids is 1. The van der Waals surface area contributed by atoms with Gasteiger partial charge >= 0.3 is 0 Å². The molecule has 4 nitrogen and oxygen atoms in total. The summed E-state index contributed by atoms with van der Waals surface area (Å²) in [5, 5.41) is -0.0186. The molecule has 6 heteroatoms. The molecule has 2 rings (SSSR count). The van der Waals surface area contributed by atoms with E-state index in [1.54, 1.807) is 4.90 Å². The van der Waals surface area contributed by atoms with Crippen molar-refractivity contribution in [3.63, 3.8) is 0 Å². The lowest BCUT2D eigenvalue weighted by atomic mass is 9.92. The molecule has 0 saturated carbocycles. The van der Waals surface area contributed by atoms with E-state index in [1.807, 2.05) is 6.92 Å². The lowest BCUT2D eigenvalue weighted by Crippen LogP contribution is -2.46. The number of hydrogen-bond acceptors (Lipinski definition) is 3. The number of carbonyl (C=O) groups is 1. The van der Waals surface area contributed by atoms with Crippen molar-refractivity contribution in [1.29, 1.82) is 0 Å². The van der Waals surface area contributed by atoms with Crippen molar-refractivity contribution < 1.29 is 13.9 Å². The number of benzene rings is 1. The highest BCUT2D eigenvalue weighted by molar-refractivity contribution is 6.30. The molecule has 0 bridgehead atoms. The van der Waals surface area contributed by atoms with E-state index in [0.29, 0.717) is 18.2 Å². The van der Waals surface area contributed by atoms with Crippen LogP contribution in [-0.2, 0) is 4.79 Å². The summed E-state index contributed by atoms with van der Waals surface area (Å²) in [7, 11) is 0. The van der Waals surface area contributed by atoms with Gasteiger partial charge in [0, 0.05) is 25.2 Å². The van der Waals surface area contributed by atoms with Crippen LogP contribution >= 0.6 is 11.6 Å². The summed E-state index contributed by atoms with van der Waals surface area (Å²) in [6.45, 7) is 3.29. The molecule has 1 heterocycles. The van der Waals surface area contributed by atoms with Crippen LogP contribution in [0.5, 0.6) is 5.75 Å². The quantitative estimate of drug-likeness (QED) is 0.928. The van der Waals surface area contributed by atoms with Gasteiger partial charge in [-0.05, 0) is 37.8 Å². The lowest BCUT2D eigenvalue weighted by molar-refractivity contribution is -0.135. The molecular weight excluding hydrogens is 295 g/mol. The maximum Gasteiger partial charge on any atom is 0.260 e. The smallest absolute Gasteiger partial charge is 0.260 e. The van der Waals surface area contributed by atoms with Crippen molar-refractivity contribution in [1.82, 2.24) is 4.90 Å². The Kier molecular flexibility index (Phi) is 5.42. The van der Waals surface area contributed by atoms with Crippen LogP contribution < -0.4 is 10.5 Å². The molecule has 2 unspecified atom stereocenters. The number of halogens is 2. The van der Waals surface area contributed by atoms with Crippen LogP contribution in [0.1, 0.15) is 19.8 Å². The van der Waals surface area contributed by atoms with Crippen LogP contribution in [0.2, 0.25) is 5.02 Å². The minimum absolute atomic E-state index is 0.0186. The Morgan fingerprint density at radius 1 is 1.62 bits per heavy atom. The topological polar surface area (TPSA) is 55.6 Å². The predicted octanol–water partition coefficient (Wildman–Crippen LogP) is 2.44. The van der Waals surface area contributed by atoms with Crippen LogP contribution in [-0.4, -0.2) is 36.5 Å². The predicted molar refractivity (Wildman–Crippen MR) is 79.9 cm³/mol. The molecule has 0 aliphatic carbocycles. The Hall–Kier alpha value is -1.33. The van der Waals surface area contributed by atoms with Gasteiger partial charge in [0.25, 0.3) is 5.91 Å². The average molecular weight is 315 g/mol. The SMILES string of the molecule is CC(N)C1CCCN(C(=O)COc2ccc(F)c(Cl)c2)C1. The molecule has 116 valence electrons. The van der Waals surface area contributed by atoms with Gasteiger partial charge in [-0.2, -0.15) is 0 Å². The number of ether oxygens (including phenoxy) is 1. The lowest BCUT2D eigenvalue weighted by Gasteiger charge is -2.34. The second kappa shape index (κ2) is 7.09. The van der Waals surface area contributed by atoms with Gasteiger partial charge < -0.3 is 15.4 Å². The summed E-state index contributed by atoms with van der Waals surface area (Å²) in [4.78, 5) is 13.9. The fourth-order valence-corrected chi connectivity index (χ4v) is 2.64. The third-order valence-corrected chi connectivity index (χ3v) is 4.10. The number of nitrogens with zero attached hydrogens (tertiary/aromatic N) is 1. The minimum Gasteiger partial charge on any atom is -0.484 e. The normalized spacial score (nSPS) is 20.2. The maximum absolute atomic E-state index is 13.0. The molecule has 1 aliphatic heterocycles. The highest BCUT2D eigenvalue weighted by atomic mass is 35.5. The molecule has 0 radical (unpaired) electrons. The van der Waals surface area contributed by atoms with E-state index in [2.05, 4.69) is 0 Å². The third-order valence-electron chi connectivity index (χ3n) is 3.81. The zero-order valence-corrected chi connectivity index (χ0v) is 12.8. The van der Waals surface area contributed by atoms with E-state index in [-0.39, 0.29) is 23.6 Å². The van der Waals surface area contributed by atoms with Crippen molar-refractivity contribution >= 4 is 17.5 Å². The zero-order valence-electron chi connectivity index (χ0n) is 12.0. The summed E-state index contributed by atoms with van der Waals surface area (Å²) in [6.07, 6.45) is 2.01. The van der Waals surface area contributed by atoms with E-state index in [1.165, 1.54) is 18.2 Å². The summed E-state index contributed by atoms with van der Waals surface area (Å²) in [5.41, 5.74) is 5.91. The van der Waals surface area contributed by atoms with Crippen LogP contribution in [0.3, 0.4) is 0 Å². The van der Waals surface area contributed by atoms with Crippen molar-refractivity contribution in [3.8, 4) is 5.75 Å². The minimum atomic E-state index is -0.508. The Balaban J connectivity index is 1.87. The van der Waals surface area contributed by atoms with Gasteiger partial charge in [0.1, 0.15) is 11.6 Å². The Morgan fingerprint density at radius 2 is 2.38 bits per heavy atom. The first-order valence-corrected chi connectivity index (χ1v) is 7.46.